The van der Waals surface area contributed by atoms with Gasteiger partial charge in [-0.15, -0.1) is 11.3 Å². The lowest BCUT2D eigenvalue weighted by Gasteiger charge is -2.44. The molecule has 1 aromatic carbocycles. The molecule has 4 heterocycles. The molecular weight excluding hydrogens is 340 g/mol. The maximum atomic E-state index is 12.5. The largest absolute Gasteiger partial charge is 0.507 e. The van der Waals surface area contributed by atoms with E-state index in [4.69, 9.17) is 0 Å². The van der Waals surface area contributed by atoms with Crippen LogP contribution in [0.2, 0.25) is 0 Å². The topological polar surface area (TPSA) is 52.6 Å². The van der Waals surface area contributed by atoms with Crippen LogP contribution in [0, 0.1) is 5.92 Å². The average Bonchev–Trinajstić information content (AvgIpc) is 3.07. The molecule has 1 aromatic heterocycles. The van der Waals surface area contributed by atoms with Crippen molar-refractivity contribution in [3.8, 4) is 5.75 Å². The quantitative estimate of drug-likeness (QED) is 0.877. The highest BCUT2D eigenvalue weighted by atomic mass is 32.2. The van der Waals surface area contributed by atoms with Crippen LogP contribution in [0.4, 0.5) is 0 Å². The minimum Gasteiger partial charge on any atom is -0.507 e. The van der Waals surface area contributed by atoms with Crippen molar-refractivity contribution in [3.05, 3.63) is 41.3 Å². The molecule has 0 aliphatic carbocycles. The number of piperidine rings is 3. The van der Waals surface area contributed by atoms with Crippen LogP contribution in [0.25, 0.3) is 0 Å². The van der Waals surface area contributed by atoms with E-state index in [0.29, 0.717) is 5.92 Å². The fourth-order valence-corrected chi connectivity index (χ4v) is 5.53. The van der Waals surface area contributed by atoms with E-state index < -0.39 is 0 Å². The van der Waals surface area contributed by atoms with Crippen molar-refractivity contribution in [1.82, 2.24) is 10.2 Å². The van der Waals surface area contributed by atoms with Crippen molar-refractivity contribution in [2.24, 2.45) is 5.92 Å². The number of phenols is 1. The summed E-state index contributed by atoms with van der Waals surface area (Å²) in [6.45, 7) is 3.34. The van der Waals surface area contributed by atoms with Gasteiger partial charge in [0.25, 0.3) is 5.91 Å². The molecule has 3 aliphatic rings. The molecule has 5 rings (SSSR count). The second-order valence-electron chi connectivity index (χ2n) is 6.41. The third kappa shape index (κ3) is 3.31. The number of carbonyl (C=O) groups is 1. The molecule has 126 valence electrons. The molecule has 1 atom stereocenters. The normalized spacial score (nSPS) is 25.6. The first kappa shape index (κ1) is 16.0. The monoisotopic (exact) mass is 360 g/mol. The van der Waals surface area contributed by atoms with Gasteiger partial charge in [0, 0.05) is 12.6 Å². The predicted octanol–water partition coefficient (Wildman–Crippen LogP) is 3.43. The number of carbonyl (C=O) groups excluding carboxylic acids is 1. The molecule has 24 heavy (non-hydrogen) atoms. The number of aromatic hydroxyl groups is 1. The molecule has 0 radical (unpaired) electrons. The van der Waals surface area contributed by atoms with E-state index in [9.17, 15) is 9.90 Å². The lowest BCUT2D eigenvalue weighted by Crippen LogP contribution is -2.57. The minimum absolute atomic E-state index is 0.0304. The Morgan fingerprint density at radius 2 is 2.00 bits per heavy atom. The van der Waals surface area contributed by atoms with Crippen LogP contribution in [-0.4, -0.2) is 41.6 Å². The minimum atomic E-state index is 0.0304. The van der Waals surface area contributed by atoms with E-state index in [1.54, 1.807) is 12.1 Å². The Kier molecular flexibility index (Phi) is 4.52. The number of hydrogen-bond donors (Lipinski definition) is 2. The zero-order valence-electron chi connectivity index (χ0n) is 13.3. The smallest absolute Gasteiger partial charge is 0.261 e. The van der Waals surface area contributed by atoms with Gasteiger partial charge in [-0.3, -0.25) is 4.79 Å². The summed E-state index contributed by atoms with van der Waals surface area (Å²) in [5, 5.41) is 13.1. The Balaban J connectivity index is 1.41. The molecule has 1 amide bonds. The zero-order valence-corrected chi connectivity index (χ0v) is 14.9. The third-order valence-corrected chi connectivity index (χ3v) is 7.13. The van der Waals surface area contributed by atoms with E-state index in [-0.39, 0.29) is 17.7 Å². The molecule has 4 nitrogen and oxygen atoms in total. The summed E-state index contributed by atoms with van der Waals surface area (Å²) >= 11 is 2.97. The first-order chi connectivity index (χ1) is 11.7. The molecule has 3 fully saturated rings. The zero-order chi connectivity index (χ0) is 16.5. The number of hydrogen-bond acceptors (Lipinski definition) is 5. The summed E-state index contributed by atoms with van der Waals surface area (Å²) in [5.41, 5.74) is 0. The summed E-state index contributed by atoms with van der Waals surface area (Å²) in [6.07, 6.45) is 2.40. The van der Waals surface area contributed by atoms with Crippen molar-refractivity contribution < 1.29 is 9.90 Å². The number of rotatable bonds is 4. The van der Waals surface area contributed by atoms with E-state index >= 15 is 0 Å². The lowest BCUT2D eigenvalue weighted by atomic mass is 9.84. The molecule has 0 spiro atoms. The molecule has 3 aliphatic heterocycles. The number of nitrogens with one attached hydrogen (secondary N) is 1. The van der Waals surface area contributed by atoms with Crippen molar-refractivity contribution in [3.63, 3.8) is 0 Å². The number of para-hydroxylation sites is 1. The van der Waals surface area contributed by atoms with Crippen LogP contribution in [0.3, 0.4) is 0 Å². The number of nitrogens with zero attached hydrogens (tertiary/aromatic N) is 1. The highest BCUT2D eigenvalue weighted by Gasteiger charge is 2.35. The molecule has 2 N–H and O–H groups in total. The standard InChI is InChI=1S/C18H20N2O2S2/c21-14-3-1-2-4-15(14)23-17-6-5-16(24-17)18(22)19-13-11-20-9-7-12(13)8-10-20/h1-6,12-13,21H,7-11H2,(H,19,22)/t13-/m0/s1. The third-order valence-electron chi connectivity index (χ3n) is 4.85. The van der Waals surface area contributed by atoms with Gasteiger partial charge in [-0.25, -0.2) is 0 Å². The summed E-state index contributed by atoms with van der Waals surface area (Å²) in [7, 11) is 0. The summed E-state index contributed by atoms with van der Waals surface area (Å²) in [6, 6.07) is 11.4. The van der Waals surface area contributed by atoms with Gasteiger partial charge in [0.2, 0.25) is 0 Å². The maximum Gasteiger partial charge on any atom is 0.261 e. The number of phenolic OH excluding ortho intramolecular Hbond substituents is 1. The second kappa shape index (κ2) is 6.78. The first-order valence-corrected chi connectivity index (χ1v) is 9.91. The van der Waals surface area contributed by atoms with Gasteiger partial charge in [-0.05, 0) is 56.1 Å². The van der Waals surface area contributed by atoms with Gasteiger partial charge in [0.15, 0.2) is 0 Å². The predicted molar refractivity (Wildman–Crippen MR) is 97.0 cm³/mol. The second-order valence-corrected chi connectivity index (χ2v) is 8.83. The van der Waals surface area contributed by atoms with Gasteiger partial charge in [-0.1, -0.05) is 23.9 Å². The Hall–Kier alpha value is -1.50. The van der Waals surface area contributed by atoms with Crippen LogP contribution >= 0.6 is 23.1 Å². The number of fused-ring (bicyclic) bond motifs is 3. The van der Waals surface area contributed by atoms with E-state index in [0.717, 1.165) is 20.5 Å². The van der Waals surface area contributed by atoms with E-state index in [1.807, 2.05) is 24.3 Å². The number of amides is 1. The average molecular weight is 361 g/mol. The van der Waals surface area contributed by atoms with Gasteiger partial charge in [-0.2, -0.15) is 0 Å². The Labute approximate surface area is 149 Å². The lowest BCUT2D eigenvalue weighted by molar-refractivity contribution is 0.0622. The Bertz CT molecular complexity index is 738. The SMILES string of the molecule is O=C(N[C@H]1CN2CCC1CC2)c1ccc(Sc2ccccc2O)s1. The van der Waals surface area contributed by atoms with E-state index in [1.165, 1.54) is 49.0 Å². The van der Waals surface area contributed by atoms with Gasteiger partial charge in [0.05, 0.1) is 14.0 Å². The van der Waals surface area contributed by atoms with Crippen LogP contribution in [-0.2, 0) is 0 Å². The molecule has 2 bridgehead atoms. The molecule has 0 unspecified atom stereocenters. The van der Waals surface area contributed by atoms with Crippen LogP contribution < -0.4 is 5.32 Å². The van der Waals surface area contributed by atoms with Crippen molar-refractivity contribution in [2.75, 3.05) is 19.6 Å². The van der Waals surface area contributed by atoms with Gasteiger partial charge < -0.3 is 15.3 Å². The van der Waals surface area contributed by atoms with Crippen LogP contribution in [0.1, 0.15) is 22.5 Å². The van der Waals surface area contributed by atoms with Crippen molar-refractivity contribution in [2.45, 2.75) is 28.0 Å². The number of thiophene rings is 1. The maximum absolute atomic E-state index is 12.5. The van der Waals surface area contributed by atoms with E-state index in [2.05, 4.69) is 10.2 Å². The fraction of sp³-hybridized carbons (Fsp3) is 0.389. The summed E-state index contributed by atoms with van der Waals surface area (Å²) in [4.78, 5) is 16.5. The van der Waals surface area contributed by atoms with Gasteiger partial charge >= 0.3 is 0 Å². The highest BCUT2D eigenvalue weighted by Crippen LogP contribution is 2.38. The summed E-state index contributed by atoms with van der Waals surface area (Å²) < 4.78 is 1.01. The Morgan fingerprint density at radius 3 is 2.71 bits per heavy atom. The Morgan fingerprint density at radius 1 is 1.21 bits per heavy atom. The van der Waals surface area contributed by atoms with Crippen molar-refractivity contribution in [1.29, 1.82) is 0 Å². The molecule has 6 heteroatoms. The fourth-order valence-electron chi connectivity index (χ4n) is 3.52. The van der Waals surface area contributed by atoms with Crippen LogP contribution in [0.15, 0.2) is 45.5 Å². The molecule has 2 aromatic rings. The van der Waals surface area contributed by atoms with Crippen LogP contribution in [0.5, 0.6) is 5.75 Å². The first-order valence-electron chi connectivity index (χ1n) is 8.28. The molecular formula is C18H20N2O2S2. The molecule has 3 saturated heterocycles. The number of benzene rings is 1. The van der Waals surface area contributed by atoms with Crippen molar-refractivity contribution >= 4 is 29.0 Å². The highest BCUT2D eigenvalue weighted by molar-refractivity contribution is 8.01. The summed E-state index contributed by atoms with van der Waals surface area (Å²) in [5.74, 6) is 0.936. The molecule has 0 saturated carbocycles. The van der Waals surface area contributed by atoms with Gasteiger partial charge in [0.1, 0.15) is 5.75 Å².